The van der Waals surface area contributed by atoms with Gasteiger partial charge < -0.3 is 15.4 Å². The molecule has 2 N–H and O–H groups in total. The molecule has 3 aromatic rings. The van der Waals surface area contributed by atoms with E-state index in [-0.39, 0.29) is 0 Å². The standard InChI is InChI=1S/C19H18Cl2N4O/c1-26-17-4-2-13(3-5-17)6-8-22-18-7-9-23-19(25-18)24-16-11-14(20)10-15(21)12-16/h2-5,7,9-12H,6,8H2,1H3,(H2,22,23,24,25). The van der Waals surface area contributed by atoms with E-state index in [1.807, 2.05) is 18.2 Å². The van der Waals surface area contributed by atoms with Crippen LogP contribution in [0.15, 0.2) is 54.7 Å². The van der Waals surface area contributed by atoms with Gasteiger partial charge in [0, 0.05) is 28.5 Å². The van der Waals surface area contributed by atoms with E-state index in [1.54, 1.807) is 31.5 Å². The molecular formula is C19H18Cl2N4O. The highest BCUT2D eigenvalue weighted by atomic mass is 35.5. The summed E-state index contributed by atoms with van der Waals surface area (Å²) >= 11 is 12.0. The van der Waals surface area contributed by atoms with Gasteiger partial charge in [0.15, 0.2) is 0 Å². The highest BCUT2D eigenvalue weighted by molar-refractivity contribution is 6.35. The van der Waals surface area contributed by atoms with Crippen molar-refractivity contribution >= 4 is 40.7 Å². The van der Waals surface area contributed by atoms with Crippen molar-refractivity contribution in [1.29, 1.82) is 0 Å². The second kappa shape index (κ2) is 8.74. The van der Waals surface area contributed by atoms with Gasteiger partial charge in [0.1, 0.15) is 11.6 Å². The minimum atomic E-state index is 0.470. The van der Waals surface area contributed by atoms with Crippen LogP contribution in [0.2, 0.25) is 10.0 Å². The van der Waals surface area contributed by atoms with E-state index in [1.165, 1.54) is 5.56 Å². The number of hydrogen-bond donors (Lipinski definition) is 2. The number of methoxy groups -OCH3 is 1. The highest BCUT2D eigenvalue weighted by Crippen LogP contribution is 2.24. The van der Waals surface area contributed by atoms with Crippen LogP contribution in [0.25, 0.3) is 0 Å². The maximum atomic E-state index is 6.01. The van der Waals surface area contributed by atoms with Gasteiger partial charge in [-0.2, -0.15) is 4.98 Å². The first-order valence-electron chi connectivity index (χ1n) is 8.05. The van der Waals surface area contributed by atoms with Gasteiger partial charge in [-0.05, 0) is 48.4 Å². The van der Waals surface area contributed by atoms with Crippen LogP contribution in [0, 0.1) is 0 Å². The van der Waals surface area contributed by atoms with Crippen LogP contribution in [0.4, 0.5) is 17.5 Å². The molecular weight excluding hydrogens is 371 g/mol. The highest BCUT2D eigenvalue weighted by Gasteiger charge is 2.03. The van der Waals surface area contributed by atoms with E-state index in [9.17, 15) is 0 Å². The van der Waals surface area contributed by atoms with E-state index < -0.39 is 0 Å². The molecule has 0 bridgehead atoms. The Labute approximate surface area is 162 Å². The average Bonchev–Trinajstić information content (AvgIpc) is 2.62. The number of rotatable bonds is 7. The van der Waals surface area contributed by atoms with Gasteiger partial charge in [-0.15, -0.1) is 0 Å². The number of nitrogens with zero attached hydrogens (tertiary/aromatic N) is 2. The van der Waals surface area contributed by atoms with Crippen molar-refractivity contribution in [3.05, 3.63) is 70.3 Å². The van der Waals surface area contributed by atoms with Crippen LogP contribution in [-0.4, -0.2) is 23.6 Å². The summed E-state index contributed by atoms with van der Waals surface area (Å²) in [6, 6.07) is 15.0. The van der Waals surface area contributed by atoms with E-state index in [0.29, 0.717) is 16.0 Å². The fourth-order valence-corrected chi connectivity index (χ4v) is 2.93. The van der Waals surface area contributed by atoms with Crippen molar-refractivity contribution in [2.75, 3.05) is 24.3 Å². The van der Waals surface area contributed by atoms with E-state index in [0.717, 1.165) is 30.2 Å². The van der Waals surface area contributed by atoms with Gasteiger partial charge in [0.05, 0.1) is 7.11 Å². The summed E-state index contributed by atoms with van der Waals surface area (Å²) in [5.41, 5.74) is 1.96. The Morgan fingerprint density at radius 3 is 2.42 bits per heavy atom. The van der Waals surface area contributed by atoms with Crippen molar-refractivity contribution < 1.29 is 4.74 Å². The zero-order valence-electron chi connectivity index (χ0n) is 14.2. The number of ether oxygens (including phenoxy) is 1. The lowest BCUT2D eigenvalue weighted by Crippen LogP contribution is -2.07. The summed E-state index contributed by atoms with van der Waals surface area (Å²) in [6.07, 6.45) is 2.57. The van der Waals surface area contributed by atoms with Gasteiger partial charge in [-0.3, -0.25) is 0 Å². The van der Waals surface area contributed by atoms with Gasteiger partial charge in [0.2, 0.25) is 5.95 Å². The maximum absolute atomic E-state index is 6.01. The van der Waals surface area contributed by atoms with Crippen molar-refractivity contribution in [2.24, 2.45) is 0 Å². The van der Waals surface area contributed by atoms with Crippen molar-refractivity contribution in [3.63, 3.8) is 0 Å². The third-order valence-electron chi connectivity index (χ3n) is 3.65. The molecule has 5 nitrogen and oxygen atoms in total. The molecule has 0 unspecified atom stereocenters. The molecule has 1 aromatic heterocycles. The van der Waals surface area contributed by atoms with Crippen LogP contribution < -0.4 is 15.4 Å². The van der Waals surface area contributed by atoms with E-state index in [2.05, 4.69) is 32.7 Å². The predicted molar refractivity (Wildman–Crippen MR) is 107 cm³/mol. The smallest absolute Gasteiger partial charge is 0.229 e. The predicted octanol–water partition coefficient (Wildman–Crippen LogP) is 5.19. The molecule has 0 spiro atoms. The molecule has 134 valence electrons. The number of benzene rings is 2. The molecule has 0 fully saturated rings. The van der Waals surface area contributed by atoms with Gasteiger partial charge in [0.25, 0.3) is 0 Å². The van der Waals surface area contributed by atoms with Gasteiger partial charge in [-0.1, -0.05) is 35.3 Å². The van der Waals surface area contributed by atoms with Crippen LogP contribution in [0.5, 0.6) is 5.75 Å². The lowest BCUT2D eigenvalue weighted by Gasteiger charge is -2.09. The quantitative estimate of drug-likeness (QED) is 0.582. The van der Waals surface area contributed by atoms with Crippen LogP contribution in [0.1, 0.15) is 5.56 Å². The fourth-order valence-electron chi connectivity index (χ4n) is 2.40. The zero-order valence-corrected chi connectivity index (χ0v) is 15.7. The molecule has 2 aromatic carbocycles. The summed E-state index contributed by atoms with van der Waals surface area (Å²) < 4.78 is 5.16. The van der Waals surface area contributed by atoms with Crippen molar-refractivity contribution in [1.82, 2.24) is 9.97 Å². The van der Waals surface area contributed by atoms with Crippen LogP contribution in [-0.2, 0) is 6.42 Å². The number of hydrogen-bond acceptors (Lipinski definition) is 5. The normalized spacial score (nSPS) is 10.4. The molecule has 26 heavy (non-hydrogen) atoms. The fraction of sp³-hybridized carbons (Fsp3) is 0.158. The molecule has 0 saturated carbocycles. The maximum Gasteiger partial charge on any atom is 0.229 e. The Kier molecular flexibility index (Phi) is 6.15. The number of anilines is 3. The summed E-state index contributed by atoms with van der Waals surface area (Å²) in [4.78, 5) is 8.66. The average molecular weight is 389 g/mol. The third-order valence-corrected chi connectivity index (χ3v) is 4.09. The Balaban J connectivity index is 1.58. The topological polar surface area (TPSA) is 59.1 Å². The third kappa shape index (κ3) is 5.25. The molecule has 0 amide bonds. The first-order chi connectivity index (χ1) is 12.6. The van der Waals surface area contributed by atoms with Crippen LogP contribution in [0.3, 0.4) is 0 Å². The first-order valence-corrected chi connectivity index (χ1v) is 8.81. The summed E-state index contributed by atoms with van der Waals surface area (Å²) in [6.45, 7) is 0.756. The molecule has 1 heterocycles. The second-order valence-electron chi connectivity index (χ2n) is 5.57. The molecule has 0 aliphatic rings. The molecule has 0 aliphatic carbocycles. The Morgan fingerprint density at radius 1 is 1.00 bits per heavy atom. The SMILES string of the molecule is COc1ccc(CCNc2ccnc(Nc3cc(Cl)cc(Cl)c3)n2)cc1. The van der Waals surface area contributed by atoms with Crippen molar-refractivity contribution in [3.8, 4) is 5.75 Å². The first kappa shape index (κ1) is 18.3. The zero-order chi connectivity index (χ0) is 18.4. The second-order valence-corrected chi connectivity index (χ2v) is 6.45. The molecule has 0 aliphatic heterocycles. The minimum Gasteiger partial charge on any atom is -0.497 e. The van der Waals surface area contributed by atoms with Gasteiger partial charge in [-0.25, -0.2) is 4.98 Å². The minimum absolute atomic E-state index is 0.470. The van der Waals surface area contributed by atoms with E-state index in [4.69, 9.17) is 27.9 Å². The Hall–Kier alpha value is -2.50. The monoisotopic (exact) mass is 388 g/mol. The number of aromatic nitrogens is 2. The molecule has 3 rings (SSSR count). The molecule has 0 saturated heterocycles. The largest absolute Gasteiger partial charge is 0.497 e. The molecule has 7 heteroatoms. The van der Waals surface area contributed by atoms with E-state index >= 15 is 0 Å². The Bertz CT molecular complexity index is 851. The molecule has 0 radical (unpaired) electrons. The lowest BCUT2D eigenvalue weighted by atomic mass is 10.1. The Morgan fingerprint density at radius 2 is 1.73 bits per heavy atom. The summed E-state index contributed by atoms with van der Waals surface area (Å²) in [7, 11) is 1.66. The van der Waals surface area contributed by atoms with Gasteiger partial charge >= 0.3 is 0 Å². The number of halogens is 2. The molecule has 0 atom stereocenters. The summed E-state index contributed by atoms with van der Waals surface area (Å²) in [5, 5.41) is 7.50. The van der Waals surface area contributed by atoms with Crippen LogP contribution >= 0.6 is 23.2 Å². The van der Waals surface area contributed by atoms with Crippen molar-refractivity contribution in [2.45, 2.75) is 6.42 Å². The number of nitrogens with one attached hydrogen (secondary N) is 2. The summed E-state index contributed by atoms with van der Waals surface area (Å²) in [5.74, 6) is 2.07. The lowest BCUT2D eigenvalue weighted by molar-refractivity contribution is 0.414.